The van der Waals surface area contributed by atoms with Crippen LogP contribution in [0.1, 0.15) is 24.1 Å². The number of nitrogens with zero attached hydrogens (tertiary/aromatic N) is 4. The van der Waals surface area contributed by atoms with Crippen LogP contribution in [0.15, 0.2) is 77.8 Å². The number of hydrogen-bond acceptors (Lipinski definition) is 7. The summed E-state index contributed by atoms with van der Waals surface area (Å²) < 4.78 is 40.7. The molecule has 0 aliphatic carbocycles. The molecule has 1 N–H and O–H groups in total. The molecule has 10 nitrogen and oxygen atoms in total. The molecule has 1 fully saturated rings. The molecule has 6 rings (SSSR count). The molecule has 0 radical (unpaired) electrons. The number of carboxylic acid groups (broad SMARTS) is 1. The highest BCUT2D eigenvalue weighted by molar-refractivity contribution is 7.90. The van der Waals surface area contributed by atoms with E-state index >= 15 is 0 Å². The van der Waals surface area contributed by atoms with Crippen LogP contribution in [0, 0.1) is 11.3 Å². The quantitative estimate of drug-likeness (QED) is 0.351. The number of aromatic nitrogens is 2. The van der Waals surface area contributed by atoms with Crippen molar-refractivity contribution in [1.29, 1.82) is 5.26 Å². The van der Waals surface area contributed by atoms with Gasteiger partial charge in [0.1, 0.15) is 17.9 Å². The molecule has 0 saturated carbocycles. The van der Waals surface area contributed by atoms with E-state index in [0.29, 0.717) is 52.3 Å². The number of fused-ring (bicyclic) bond motifs is 1. The Kier molecular flexibility index (Phi) is 6.95. The van der Waals surface area contributed by atoms with Gasteiger partial charge in [-0.2, -0.15) is 5.26 Å². The van der Waals surface area contributed by atoms with Gasteiger partial charge in [-0.15, -0.1) is 0 Å². The van der Waals surface area contributed by atoms with Crippen molar-refractivity contribution in [3.63, 3.8) is 0 Å². The molecule has 4 heterocycles. The fourth-order valence-corrected chi connectivity index (χ4v) is 6.75. The first-order chi connectivity index (χ1) is 19.9. The van der Waals surface area contributed by atoms with Crippen LogP contribution in [0.2, 0.25) is 0 Å². The molecule has 2 aromatic heterocycles. The molecule has 0 atom stereocenters. The van der Waals surface area contributed by atoms with Gasteiger partial charge in [-0.3, -0.25) is 0 Å². The summed E-state index contributed by atoms with van der Waals surface area (Å²) in [7, 11) is -4.10. The number of ether oxygens (including phenoxy) is 2. The van der Waals surface area contributed by atoms with Crippen LogP contribution < -0.4 is 4.74 Å². The monoisotopic (exact) mass is 570 g/mol. The SMILES string of the molecule is N#Cc1cc(-c2ccnc3c2cc(C2=CCN(C(=O)O)C2)n3S(=O)(=O)c2ccccc2)ccc1OC1CCOCC1. The largest absolute Gasteiger partial charge is 0.489 e. The first-order valence-corrected chi connectivity index (χ1v) is 14.6. The molecule has 11 heteroatoms. The lowest BCUT2D eigenvalue weighted by atomic mass is 10.0. The lowest BCUT2D eigenvalue weighted by Crippen LogP contribution is -2.27. The third kappa shape index (κ3) is 4.92. The summed E-state index contributed by atoms with van der Waals surface area (Å²) in [5.41, 5.74) is 2.85. The average molecular weight is 571 g/mol. The standard InChI is InChI=1S/C30H26N4O6S/c31-18-22-16-20(6-7-28(22)40-23-10-14-39-15-11-23)25-8-12-32-29-26(25)17-27(21-9-13-33(19-21)30(35)36)34(29)41(37,38)24-4-2-1-3-5-24/h1-9,12,16-17,23H,10-11,13-15,19H2,(H,35,36). The van der Waals surface area contributed by atoms with Gasteiger partial charge in [-0.25, -0.2) is 22.2 Å². The van der Waals surface area contributed by atoms with Gasteiger partial charge in [0.2, 0.25) is 0 Å². The predicted molar refractivity (Wildman–Crippen MR) is 151 cm³/mol. The Labute approximate surface area is 236 Å². The molecule has 1 saturated heterocycles. The lowest BCUT2D eigenvalue weighted by molar-refractivity contribution is 0.0254. The number of rotatable bonds is 6. The highest BCUT2D eigenvalue weighted by atomic mass is 32.2. The topological polar surface area (TPSA) is 135 Å². The van der Waals surface area contributed by atoms with Crippen LogP contribution in [0.5, 0.6) is 5.75 Å². The maximum absolute atomic E-state index is 14.0. The highest BCUT2D eigenvalue weighted by Gasteiger charge is 2.30. The zero-order chi connectivity index (χ0) is 28.6. The summed E-state index contributed by atoms with van der Waals surface area (Å²) in [4.78, 5) is 17.4. The second kappa shape index (κ2) is 10.7. The van der Waals surface area contributed by atoms with Gasteiger partial charge >= 0.3 is 6.09 Å². The summed E-state index contributed by atoms with van der Waals surface area (Å²) in [5.74, 6) is 0.489. The van der Waals surface area contributed by atoms with Crippen LogP contribution in [0.3, 0.4) is 0 Å². The number of hydrogen-bond donors (Lipinski definition) is 1. The smallest absolute Gasteiger partial charge is 0.407 e. The molecule has 2 aliphatic heterocycles. The first-order valence-electron chi connectivity index (χ1n) is 13.1. The Morgan fingerprint density at radius 1 is 1.10 bits per heavy atom. The third-order valence-electron chi connectivity index (χ3n) is 7.33. The fraction of sp³-hybridized carbons (Fsp3) is 0.233. The van der Waals surface area contributed by atoms with Crippen molar-refractivity contribution < 1.29 is 27.8 Å². The van der Waals surface area contributed by atoms with Crippen LogP contribution in [-0.2, 0) is 14.8 Å². The summed E-state index contributed by atoms with van der Waals surface area (Å²) in [6.45, 7) is 1.43. The number of benzene rings is 2. The van der Waals surface area contributed by atoms with E-state index in [1.165, 1.54) is 27.2 Å². The molecule has 4 aromatic rings. The summed E-state index contributed by atoms with van der Waals surface area (Å²) in [6.07, 6.45) is 3.63. The van der Waals surface area contributed by atoms with E-state index < -0.39 is 16.1 Å². The van der Waals surface area contributed by atoms with Crippen molar-refractivity contribution in [1.82, 2.24) is 13.9 Å². The zero-order valence-electron chi connectivity index (χ0n) is 21.9. The van der Waals surface area contributed by atoms with Crippen molar-refractivity contribution in [2.24, 2.45) is 0 Å². The minimum atomic E-state index is -4.10. The molecule has 41 heavy (non-hydrogen) atoms. The Bertz CT molecular complexity index is 1820. The highest BCUT2D eigenvalue weighted by Crippen LogP contribution is 2.37. The molecular formula is C30H26N4O6S. The van der Waals surface area contributed by atoms with Crippen LogP contribution >= 0.6 is 0 Å². The van der Waals surface area contributed by atoms with Crippen molar-refractivity contribution in [3.8, 4) is 22.9 Å². The van der Waals surface area contributed by atoms with Gasteiger partial charge in [0.15, 0.2) is 5.65 Å². The zero-order valence-corrected chi connectivity index (χ0v) is 22.8. The molecule has 208 valence electrons. The van der Waals surface area contributed by atoms with Gasteiger partial charge in [0.05, 0.1) is 35.9 Å². The van der Waals surface area contributed by atoms with Crippen LogP contribution in [0.4, 0.5) is 4.79 Å². The Hall–Kier alpha value is -4.66. The van der Waals surface area contributed by atoms with Crippen molar-refractivity contribution in [3.05, 3.63) is 84.2 Å². The molecule has 1 amide bonds. The second-order valence-electron chi connectivity index (χ2n) is 9.85. The second-order valence-corrected chi connectivity index (χ2v) is 11.6. The number of pyridine rings is 1. The number of amides is 1. The Morgan fingerprint density at radius 2 is 1.88 bits per heavy atom. The van der Waals surface area contributed by atoms with E-state index in [1.54, 1.807) is 48.5 Å². The Morgan fingerprint density at radius 3 is 2.59 bits per heavy atom. The van der Waals surface area contributed by atoms with Gasteiger partial charge in [0, 0.05) is 31.0 Å². The summed E-state index contributed by atoms with van der Waals surface area (Å²) in [6, 6.07) is 19.1. The molecular weight excluding hydrogens is 544 g/mol. The normalized spacial score (nSPS) is 16.0. The van der Waals surface area contributed by atoms with Gasteiger partial charge in [0.25, 0.3) is 10.0 Å². The van der Waals surface area contributed by atoms with E-state index in [9.17, 15) is 23.6 Å². The van der Waals surface area contributed by atoms with Crippen molar-refractivity contribution >= 4 is 32.7 Å². The Balaban J connectivity index is 1.49. The minimum Gasteiger partial charge on any atom is -0.489 e. The summed E-state index contributed by atoms with van der Waals surface area (Å²) in [5, 5.41) is 20.0. The van der Waals surface area contributed by atoms with Crippen molar-refractivity contribution in [2.75, 3.05) is 26.3 Å². The lowest BCUT2D eigenvalue weighted by Gasteiger charge is -2.23. The van der Waals surface area contributed by atoms with E-state index in [2.05, 4.69) is 11.1 Å². The number of carbonyl (C=O) groups is 1. The fourth-order valence-electron chi connectivity index (χ4n) is 5.24. The van der Waals surface area contributed by atoms with E-state index in [1.807, 2.05) is 6.07 Å². The van der Waals surface area contributed by atoms with E-state index in [0.717, 1.165) is 12.8 Å². The maximum atomic E-state index is 14.0. The van der Waals surface area contributed by atoms with Crippen molar-refractivity contribution in [2.45, 2.75) is 23.8 Å². The molecule has 0 spiro atoms. The molecule has 2 aromatic carbocycles. The molecule has 0 unspecified atom stereocenters. The average Bonchev–Trinajstić information content (AvgIpc) is 3.64. The van der Waals surface area contributed by atoms with Gasteiger partial charge in [-0.05, 0) is 53.1 Å². The van der Waals surface area contributed by atoms with Gasteiger partial charge in [-0.1, -0.05) is 30.3 Å². The molecule has 0 bridgehead atoms. The third-order valence-corrected chi connectivity index (χ3v) is 9.05. The van der Waals surface area contributed by atoms with Gasteiger partial charge < -0.3 is 19.5 Å². The maximum Gasteiger partial charge on any atom is 0.407 e. The van der Waals surface area contributed by atoms with E-state index in [-0.39, 0.29) is 29.7 Å². The molecule has 2 aliphatic rings. The van der Waals surface area contributed by atoms with Crippen LogP contribution in [-0.4, -0.2) is 65.9 Å². The minimum absolute atomic E-state index is 0.0285. The van der Waals surface area contributed by atoms with E-state index in [4.69, 9.17) is 9.47 Å². The number of nitriles is 1. The summed E-state index contributed by atoms with van der Waals surface area (Å²) >= 11 is 0. The predicted octanol–water partition coefficient (Wildman–Crippen LogP) is 4.75. The first kappa shape index (κ1) is 26.6. The van der Waals surface area contributed by atoms with Crippen LogP contribution in [0.25, 0.3) is 27.7 Å².